The number of alkyl halides is 3. The highest BCUT2D eigenvalue weighted by atomic mass is 35.5. The van der Waals surface area contributed by atoms with E-state index >= 15 is 0 Å². The highest BCUT2D eigenvalue weighted by Crippen LogP contribution is 2.27. The minimum atomic E-state index is -4.45. The van der Waals surface area contributed by atoms with Crippen molar-refractivity contribution < 1.29 is 13.2 Å². The van der Waals surface area contributed by atoms with Crippen molar-refractivity contribution in [2.45, 2.75) is 37.5 Å². The van der Waals surface area contributed by atoms with Crippen molar-refractivity contribution in [3.63, 3.8) is 0 Å². The van der Waals surface area contributed by atoms with Crippen LogP contribution in [0.4, 0.5) is 19.0 Å². The predicted octanol–water partition coefficient (Wildman–Crippen LogP) is 2.21. The maximum absolute atomic E-state index is 12.2. The Kier molecular flexibility index (Phi) is 4.75. The Bertz CT molecular complexity index is 382. The van der Waals surface area contributed by atoms with Gasteiger partial charge in [-0.25, -0.2) is 9.97 Å². The van der Waals surface area contributed by atoms with Gasteiger partial charge in [-0.15, -0.1) is 12.4 Å². The van der Waals surface area contributed by atoms with Crippen molar-refractivity contribution in [1.82, 2.24) is 9.97 Å². The molecule has 3 N–H and O–H groups in total. The lowest BCUT2D eigenvalue weighted by Crippen LogP contribution is -2.35. The van der Waals surface area contributed by atoms with Gasteiger partial charge in [-0.05, 0) is 19.3 Å². The lowest BCUT2D eigenvalue weighted by atomic mass is 10.2. The van der Waals surface area contributed by atoms with Crippen LogP contribution in [0.3, 0.4) is 0 Å². The average molecular weight is 283 g/mol. The molecule has 1 aromatic rings. The van der Waals surface area contributed by atoms with Crippen LogP contribution in [0.2, 0.25) is 0 Å². The van der Waals surface area contributed by atoms with Crippen LogP contribution in [0.5, 0.6) is 0 Å². The van der Waals surface area contributed by atoms with Crippen LogP contribution in [0.25, 0.3) is 0 Å². The summed E-state index contributed by atoms with van der Waals surface area (Å²) in [7, 11) is 0. The van der Waals surface area contributed by atoms with Crippen molar-refractivity contribution >= 4 is 18.2 Å². The van der Waals surface area contributed by atoms with E-state index in [4.69, 9.17) is 5.73 Å². The van der Waals surface area contributed by atoms with Gasteiger partial charge in [0.15, 0.2) is 5.69 Å². The van der Waals surface area contributed by atoms with Gasteiger partial charge >= 0.3 is 6.18 Å². The molecule has 2 atom stereocenters. The molecule has 1 heterocycles. The van der Waals surface area contributed by atoms with Crippen LogP contribution < -0.4 is 11.1 Å². The van der Waals surface area contributed by atoms with E-state index in [2.05, 4.69) is 15.3 Å². The van der Waals surface area contributed by atoms with E-state index in [0.717, 1.165) is 31.7 Å². The van der Waals surface area contributed by atoms with Gasteiger partial charge in [0.25, 0.3) is 0 Å². The topological polar surface area (TPSA) is 63.8 Å². The quantitative estimate of drug-likeness (QED) is 0.873. The average Bonchev–Trinajstić information content (AvgIpc) is 2.64. The molecule has 0 bridgehead atoms. The van der Waals surface area contributed by atoms with Crippen LogP contribution >= 0.6 is 12.4 Å². The molecule has 1 fully saturated rings. The first-order valence-corrected chi connectivity index (χ1v) is 5.38. The number of halogens is 4. The van der Waals surface area contributed by atoms with Crippen LogP contribution in [0.15, 0.2) is 12.4 Å². The molecule has 1 aliphatic rings. The maximum Gasteiger partial charge on any atom is 0.434 e. The Labute approximate surface area is 109 Å². The van der Waals surface area contributed by atoms with Gasteiger partial charge in [-0.1, -0.05) is 0 Å². The molecule has 18 heavy (non-hydrogen) atoms. The largest absolute Gasteiger partial charge is 0.434 e. The van der Waals surface area contributed by atoms with Crippen LogP contribution in [-0.4, -0.2) is 22.1 Å². The van der Waals surface area contributed by atoms with Gasteiger partial charge in [-0.2, -0.15) is 13.2 Å². The summed E-state index contributed by atoms with van der Waals surface area (Å²) in [5.74, 6) is 0.334. The first-order valence-electron chi connectivity index (χ1n) is 5.38. The molecule has 0 aromatic carbocycles. The lowest BCUT2D eigenvalue weighted by Gasteiger charge is -2.17. The molecule has 0 radical (unpaired) electrons. The highest BCUT2D eigenvalue weighted by molar-refractivity contribution is 5.85. The summed E-state index contributed by atoms with van der Waals surface area (Å²) in [6.07, 6.45) is 0.217. The number of hydrogen-bond donors (Lipinski definition) is 2. The normalized spacial score (nSPS) is 23.6. The van der Waals surface area contributed by atoms with Crippen molar-refractivity contribution in [2.24, 2.45) is 5.73 Å². The molecule has 1 saturated carbocycles. The van der Waals surface area contributed by atoms with Gasteiger partial charge in [-0.3, -0.25) is 0 Å². The molecule has 0 saturated heterocycles. The Morgan fingerprint density at radius 1 is 1.22 bits per heavy atom. The van der Waals surface area contributed by atoms with Gasteiger partial charge in [0, 0.05) is 12.1 Å². The molecular formula is C10H14ClF3N4. The SMILES string of the molecule is Cl.NC1CCCC1Nc1cnc(C(F)(F)F)cn1. The van der Waals surface area contributed by atoms with Crippen LogP contribution in [0, 0.1) is 0 Å². The Morgan fingerprint density at radius 2 is 1.94 bits per heavy atom. The number of aromatic nitrogens is 2. The molecule has 0 amide bonds. The second kappa shape index (κ2) is 5.71. The lowest BCUT2D eigenvalue weighted by molar-refractivity contribution is -0.141. The summed E-state index contributed by atoms with van der Waals surface area (Å²) in [5, 5.41) is 3.00. The molecule has 0 spiro atoms. The van der Waals surface area contributed by atoms with Crippen molar-refractivity contribution in [3.8, 4) is 0 Å². The number of nitrogens with two attached hydrogens (primary N) is 1. The molecule has 2 unspecified atom stereocenters. The highest BCUT2D eigenvalue weighted by Gasteiger charge is 2.33. The van der Waals surface area contributed by atoms with Gasteiger partial charge in [0.05, 0.1) is 12.4 Å². The standard InChI is InChI=1S/C10H13F3N4.ClH/c11-10(12,13)8-4-16-9(5-15-8)17-7-3-1-2-6(7)14;/h4-7H,1-3,14H2,(H,16,17);1H. The molecule has 0 aliphatic heterocycles. The van der Waals surface area contributed by atoms with Gasteiger partial charge in [0.1, 0.15) is 5.82 Å². The Hall–Kier alpha value is -1.08. The number of nitrogens with one attached hydrogen (secondary N) is 1. The molecule has 8 heteroatoms. The summed E-state index contributed by atoms with van der Waals surface area (Å²) >= 11 is 0. The van der Waals surface area contributed by atoms with E-state index in [-0.39, 0.29) is 24.5 Å². The van der Waals surface area contributed by atoms with E-state index in [0.29, 0.717) is 5.82 Å². The summed E-state index contributed by atoms with van der Waals surface area (Å²) in [5.41, 5.74) is 4.85. The monoisotopic (exact) mass is 282 g/mol. The third kappa shape index (κ3) is 3.46. The second-order valence-electron chi connectivity index (χ2n) is 4.13. The summed E-state index contributed by atoms with van der Waals surface area (Å²) in [6, 6.07) is 0.0973. The summed E-state index contributed by atoms with van der Waals surface area (Å²) in [6.45, 7) is 0. The minimum absolute atomic E-state index is 0. The van der Waals surface area contributed by atoms with Crippen molar-refractivity contribution in [2.75, 3.05) is 5.32 Å². The van der Waals surface area contributed by atoms with E-state index in [1.807, 2.05) is 0 Å². The first-order chi connectivity index (χ1) is 7.97. The molecular weight excluding hydrogens is 269 g/mol. The zero-order valence-electron chi connectivity index (χ0n) is 9.44. The van der Waals surface area contributed by atoms with E-state index in [1.54, 1.807) is 0 Å². The zero-order valence-corrected chi connectivity index (χ0v) is 10.3. The van der Waals surface area contributed by atoms with E-state index in [9.17, 15) is 13.2 Å². The van der Waals surface area contributed by atoms with Crippen LogP contribution in [0.1, 0.15) is 25.0 Å². The zero-order chi connectivity index (χ0) is 12.5. The number of nitrogens with zero attached hydrogens (tertiary/aromatic N) is 2. The minimum Gasteiger partial charge on any atom is -0.365 e. The summed E-state index contributed by atoms with van der Waals surface area (Å²) < 4.78 is 36.7. The number of hydrogen-bond acceptors (Lipinski definition) is 4. The fourth-order valence-corrected chi connectivity index (χ4v) is 1.91. The first kappa shape index (κ1) is 15.0. The smallest absolute Gasteiger partial charge is 0.365 e. The molecule has 4 nitrogen and oxygen atoms in total. The number of anilines is 1. The van der Waals surface area contributed by atoms with Crippen molar-refractivity contribution in [3.05, 3.63) is 18.1 Å². The fraction of sp³-hybridized carbons (Fsp3) is 0.600. The van der Waals surface area contributed by atoms with Crippen LogP contribution in [-0.2, 0) is 6.18 Å². The van der Waals surface area contributed by atoms with Gasteiger partial charge < -0.3 is 11.1 Å². The maximum atomic E-state index is 12.2. The van der Waals surface area contributed by atoms with E-state index in [1.165, 1.54) is 0 Å². The Morgan fingerprint density at radius 3 is 2.39 bits per heavy atom. The molecule has 102 valence electrons. The molecule has 1 aromatic heterocycles. The number of rotatable bonds is 2. The van der Waals surface area contributed by atoms with Crippen molar-refractivity contribution in [1.29, 1.82) is 0 Å². The predicted molar refractivity (Wildman–Crippen MR) is 63.5 cm³/mol. The third-order valence-corrected chi connectivity index (χ3v) is 2.84. The van der Waals surface area contributed by atoms with E-state index < -0.39 is 11.9 Å². The molecule has 2 rings (SSSR count). The third-order valence-electron chi connectivity index (χ3n) is 2.84. The second-order valence-corrected chi connectivity index (χ2v) is 4.13. The summed E-state index contributed by atoms with van der Waals surface area (Å²) in [4.78, 5) is 7.02. The van der Waals surface area contributed by atoms with Gasteiger partial charge in [0.2, 0.25) is 0 Å². The Balaban J connectivity index is 0.00000162. The fourth-order valence-electron chi connectivity index (χ4n) is 1.91. The molecule has 1 aliphatic carbocycles.